The Morgan fingerprint density at radius 2 is 2.15 bits per heavy atom. The predicted octanol–water partition coefficient (Wildman–Crippen LogP) is 5.72. The summed E-state index contributed by atoms with van der Waals surface area (Å²) < 4.78 is 6.41. The number of hydrogen-bond acceptors (Lipinski definition) is 4. The highest BCUT2D eigenvalue weighted by molar-refractivity contribution is 6.03. The summed E-state index contributed by atoms with van der Waals surface area (Å²) in [6, 6.07) is 8.41. The van der Waals surface area contributed by atoms with Gasteiger partial charge in [0.25, 0.3) is 5.91 Å². The number of anilines is 1. The molecule has 6 nitrogen and oxygen atoms in total. The molecule has 2 bridgehead atoms. The Bertz CT molecular complexity index is 1200. The number of carbonyl (C=O) groups excluding carboxylic acids is 1. The van der Waals surface area contributed by atoms with E-state index in [-0.39, 0.29) is 28.6 Å². The topological polar surface area (TPSA) is 90.8 Å². The fourth-order valence-corrected chi connectivity index (χ4v) is 5.61. The lowest BCUT2D eigenvalue weighted by Crippen LogP contribution is -2.46. The number of H-pyrrole nitrogens is 1. The first-order chi connectivity index (χ1) is 15.8. The first kappa shape index (κ1) is 21.7. The Hall–Kier alpha value is -3.17. The lowest BCUT2D eigenvalue weighted by atomic mass is 9.72. The minimum Gasteiger partial charge on any atom is -0.361 e. The number of nitriles is 1. The maximum absolute atomic E-state index is 12.8. The Balaban J connectivity index is 1.50. The highest BCUT2D eigenvalue weighted by Crippen LogP contribution is 2.53. The third-order valence-corrected chi connectivity index (χ3v) is 7.62. The Morgan fingerprint density at radius 3 is 2.88 bits per heavy atom. The van der Waals surface area contributed by atoms with E-state index in [4.69, 9.17) is 10.00 Å². The molecular weight excluding hydrogens is 412 g/mol. The highest BCUT2D eigenvalue weighted by atomic mass is 16.5. The van der Waals surface area contributed by atoms with Crippen molar-refractivity contribution in [3.8, 4) is 6.07 Å². The summed E-state index contributed by atoms with van der Waals surface area (Å²) >= 11 is 0. The number of nitrogens with one attached hydrogen (secondary N) is 2. The summed E-state index contributed by atoms with van der Waals surface area (Å²) in [6.45, 7) is 6.63. The number of amides is 1. The molecule has 170 valence electrons. The summed E-state index contributed by atoms with van der Waals surface area (Å²) in [5, 5.41) is 12.0. The van der Waals surface area contributed by atoms with Crippen molar-refractivity contribution in [1.82, 2.24) is 9.97 Å². The van der Waals surface area contributed by atoms with Crippen LogP contribution >= 0.6 is 0 Å². The van der Waals surface area contributed by atoms with E-state index in [0.717, 1.165) is 36.9 Å². The van der Waals surface area contributed by atoms with Crippen LogP contribution < -0.4 is 5.32 Å². The molecule has 1 saturated heterocycles. The van der Waals surface area contributed by atoms with E-state index in [0.29, 0.717) is 11.8 Å². The number of rotatable bonds is 4. The fraction of sp³-hybridized carbons (Fsp3) is 0.444. The average molecular weight is 443 g/mol. The summed E-state index contributed by atoms with van der Waals surface area (Å²) in [5.74, 6) is 0.495. The van der Waals surface area contributed by atoms with Gasteiger partial charge in [-0.25, -0.2) is 4.98 Å². The number of benzene rings is 1. The Kier molecular flexibility index (Phi) is 5.25. The second kappa shape index (κ2) is 8.00. The Labute approximate surface area is 194 Å². The number of allylic oxidation sites excluding steroid dienone is 2. The van der Waals surface area contributed by atoms with Crippen LogP contribution in [0.15, 0.2) is 42.6 Å². The first-order valence-electron chi connectivity index (χ1n) is 11.8. The molecule has 1 aromatic carbocycles. The molecule has 1 aromatic heterocycles. The second-order valence-corrected chi connectivity index (χ2v) is 10.0. The summed E-state index contributed by atoms with van der Waals surface area (Å²) in [6.07, 6.45) is 13.5. The van der Waals surface area contributed by atoms with E-state index in [1.165, 1.54) is 23.8 Å². The molecule has 1 unspecified atom stereocenters. The van der Waals surface area contributed by atoms with Crippen molar-refractivity contribution in [2.24, 2.45) is 5.92 Å². The lowest BCUT2D eigenvalue weighted by Gasteiger charge is -2.46. The number of aromatic amines is 1. The number of fused-ring (bicyclic) bond motifs is 2. The number of hydrogen-bond donors (Lipinski definition) is 2. The number of imidazole rings is 1. The van der Waals surface area contributed by atoms with Crippen molar-refractivity contribution in [3.63, 3.8) is 0 Å². The van der Waals surface area contributed by atoms with Gasteiger partial charge in [0.15, 0.2) is 5.82 Å². The average Bonchev–Trinajstić information content (AvgIpc) is 3.41. The molecule has 6 heteroatoms. The molecule has 2 aromatic rings. The molecule has 1 aliphatic carbocycles. The molecule has 2 N–H and O–H groups in total. The van der Waals surface area contributed by atoms with Gasteiger partial charge in [-0.3, -0.25) is 4.79 Å². The van der Waals surface area contributed by atoms with Crippen molar-refractivity contribution < 1.29 is 9.53 Å². The molecule has 0 radical (unpaired) electrons. The number of aromatic nitrogens is 2. The minimum absolute atomic E-state index is 0.140. The third-order valence-electron chi connectivity index (χ3n) is 7.62. The summed E-state index contributed by atoms with van der Waals surface area (Å²) in [5.41, 5.74) is 4.22. The molecular formula is C27H30N4O2. The van der Waals surface area contributed by atoms with Crippen LogP contribution in [-0.2, 0) is 4.74 Å². The molecule has 0 saturated carbocycles. The van der Waals surface area contributed by atoms with E-state index in [2.05, 4.69) is 66.4 Å². The van der Waals surface area contributed by atoms with Crippen LogP contribution in [0.4, 0.5) is 5.69 Å². The van der Waals surface area contributed by atoms with E-state index in [1.54, 1.807) is 0 Å². The second-order valence-electron chi connectivity index (χ2n) is 10.0. The summed E-state index contributed by atoms with van der Waals surface area (Å²) in [7, 11) is 0. The molecule has 0 spiro atoms. The quantitative estimate of drug-likeness (QED) is 0.593. The van der Waals surface area contributed by atoms with Crippen LogP contribution in [0.25, 0.3) is 5.57 Å². The Morgan fingerprint density at radius 1 is 1.30 bits per heavy atom. The van der Waals surface area contributed by atoms with Gasteiger partial charge in [-0.1, -0.05) is 31.2 Å². The van der Waals surface area contributed by atoms with Gasteiger partial charge in [0.2, 0.25) is 0 Å². The van der Waals surface area contributed by atoms with Gasteiger partial charge in [0.05, 0.1) is 17.4 Å². The monoisotopic (exact) mass is 442 g/mol. The van der Waals surface area contributed by atoms with E-state index >= 15 is 0 Å². The van der Waals surface area contributed by atoms with Crippen LogP contribution in [0.2, 0.25) is 0 Å². The molecule has 33 heavy (non-hydrogen) atoms. The zero-order chi connectivity index (χ0) is 23.2. The smallest absolute Gasteiger partial charge is 0.291 e. The SMILES string of the molecule is C[C@H]1C(c2ccc(NC(=O)c3ncc(C#N)[nH]3)c(C3=CCCCC3)c2)C[C@@]2(C)C=C[C@]1(C)O2. The number of carbonyl (C=O) groups is 1. The first-order valence-corrected chi connectivity index (χ1v) is 11.8. The maximum atomic E-state index is 12.8. The van der Waals surface area contributed by atoms with Crippen LogP contribution in [0.5, 0.6) is 0 Å². The van der Waals surface area contributed by atoms with Crippen LogP contribution in [0, 0.1) is 17.2 Å². The summed E-state index contributed by atoms with van der Waals surface area (Å²) in [4.78, 5) is 19.6. The molecule has 3 aliphatic rings. The maximum Gasteiger partial charge on any atom is 0.291 e. The lowest BCUT2D eigenvalue weighted by molar-refractivity contribution is -0.141. The zero-order valence-corrected chi connectivity index (χ0v) is 19.4. The largest absolute Gasteiger partial charge is 0.361 e. The van der Waals surface area contributed by atoms with E-state index < -0.39 is 0 Å². The normalized spacial score (nSPS) is 30.5. The van der Waals surface area contributed by atoms with Gasteiger partial charge in [0, 0.05) is 11.3 Å². The molecule has 2 aliphatic heterocycles. The third kappa shape index (κ3) is 3.91. The van der Waals surface area contributed by atoms with Crippen LogP contribution in [0.1, 0.15) is 86.2 Å². The molecule has 1 amide bonds. The van der Waals surface area contributed by atoms with Crippen molar-refractivity contribution in [2.45, 2.75) is 70.0 Å². The number of ether oxygens (including phenoxy) is 1. The van der Waals surface area contributed by atoms with Crippen LogP contribution in [0.3, 0.4) is 0 Å². The van der Waals surface area contributed by atoms with Crippen molar-refractivity contribution in [2.75, 3.05) is 5.32 Å². The van der Waals surface area contributed by atoms with E-state index in [1.807, 2.05) is 12.1 Å². The molecule has 1 fully saturated rings. The van der Waals surface area contributed by atoms with Gasteiger partial charge in [-0.15, -0.1) is 0 Å². The van der Waals surface area contributed by atoms with Gasteiger partial charge in [0.1, 0.15) is 11.8 Å². The minimum atomic E-state index is -0.344. The highest BCUT2D eigenvalue weighted by Gasteiger charge is 2.51. The standard InChI is InChI=1S/C27H30N4O2/c1-17-22(14-26(2)11-12-27(17,3)33-26)19-9-10-23(21(13-19)18-7-5-4-6-8-18)31-25(32)24-29-16-20(15-28)30-24/h7,9-13,16-17,22H,4-6,8,14H2,1-3H3,(H,29,30)(H,31,32)/t17-,22?,26+,27-/m0/s1. The zero-order valence-electron chi connectivity index (χ0n) is 19.4. The van der Waals surface area contributed by atoms with Gasteiger partial charge in [-0.2, -0.15) is 5.26 Å². The molecule has 3 heterocycles. The van der Waals surface area contributed by atoms with Gasteiger partial charge in [-0.05, 0) is 81.1 Å². The van der Waals surface area contributed by atoms with Crippen molar-refractivity contribution >= 4 is 17.2 Å². The van der Waals surface area contributed by atoms with Gasteiger partial charge >= 0.3 is 0 Å². The molecule has 4 atom stereocenters. The van der Waals surface area contributed by atoms with E-state index in [9.17, 15) is 4.79 Å². The van der Waals surface area contributed by atoms with Crippen molar-refractivity contribution in [3.05, 3.63) is 65.3 Å². The number of nitrogens with zero attached hydrogens (tertiary/aromatic N) is 2. The van der Waals surface area contributed by atoms with Crippen LogP contribution in [-0.4, -0.2) is 27.1 Å². The molecule has 5 rings (SSSR count). The van der Waals surface area contributed by atoms with Crippen molar-refractivity contribution in [1.29, 1.82) is 5.26 Å². The van der Waals surface area contributed by atoms with Gasteiger partial charge < -0.3 is 15.0 Å². The fourth-order valence-electron chi connectivity index (χ4n) is 5.61. The predicted molar refractivity (Wildman–Crippen MR) is 128 cm³/mol.